The average molecular weight is 380 g/mol. The van der Waals surface area contributed by atoms with Crippen LogP contribution in [0.4, 0.5) is 8.78 Å². The molecule has 136 valence electrons. The monoisotopic (exact) mass is 380 g/mol. The molecule has 0 N–H and O–H groups in total. The van der Waals surface area contributed by atoms with Crippen molar-refractivity contribution in [2.24, 2.45) is 0 Å². The van der Waals surface area contributed by atoms with Gasteiger partial charge in [-0.1, -0.05) is 0 Å². The van der Waals surface area contributed by atoms with E-state index in [0.717, 1.165) is 25.5 Å². The second kappa shape index (κ2) is 6.17. The summed E-state index contributed by atoms with van der Waals surface area (Å²) in [5.41, 5.74) is 0.430. The number of fused-ring (bicyclic) bond motifs is 1. The van der Waals surface area contributed by atoms with Gasteiger partial charge in [-0.25, -0.2) is 27.0 Å². The maximum Gasteiger partial charge on any atom is 0.358 e. The molecule has 2 aromatic heterocycles. The molecule has 0 saturated heterocycles. The first-order valence-electron chi connectivity index (χ1n) is 7.40. The first kappa shape index (κ1) is 18.0. The Bertz CT molecular complexity index is 1130. The summed E-state index contributed by atoms with van der Waals surface area (Å²) in [7, 11) is -2.40. The van der Waals surface area contributed by atoms with Crippen LogP contribution in [-0.2, 0) is 14.6 Å². The lowest BCUT2D eigenvalue weighted by atomic mass is 10.2. The van der Waals surface area contributed by atoms with Gasteiger partial charge in [0.15, 0.2) is 15.5 Å². The molecule has 3 rings (SSSR count). The van der Waals surface area contributed by atoms with E-state index < -0.39 is 27.4 Å². The van der Waals surface area contributed by atoms with Gasteiger partial charge in [0.2, 0.25) is 0 Å². The summed E-state index contributed by atoms with van der Waals surface area (Å²) >= 11 is 0. The van der Waals surface area contributed by atoms with Gasteiger partial charge in [-0.2, -0.15) is 0 Å². The van der Waals surface area contributed by atoms with Crippen LogP contribution in [0, 0.1) is 18.6 Å². The zero-order chi connectivity index (χ0) is 19.2. The van der Waals surface area contributed by atoms with E-state index in [4.69, 9.17) is 4.74 Å². The Morgan fingerprint density at radius 3 is 2.35 bits per heavy atom. The molecule has 0 fully saturated rings. The Kier molecular flexibility index (Phi) is 4.27. The molecule has 2 heterocycles. The Balaban J connectivity index is 2.43. The van der Waals surface area contributed by atoms with Gasteiger partial charge in [-0.15, -0.1) is 0 Å². The highest BCUT2D eigenvalue weighted by atomic mass is 32.2. The van der Waals surface area contributed by atoms with Crippen molar-refractivity contribution in [3.8, 4) is 11.4 Å². The number of aryl methyl sites for hydroxylation is 1. The number of ether oxygens (including phenoxy) is 1. The van der Waals surface area contributed by atoms with Crippen LogP contribution < -0.4 is 0 Å². The summed E-state index contributed by atoms with van der Waals surface area (Å²) in [4.78, 5) is 16.3. The summed E-state index contributed by atoms with van der Waals surface area (Å²) in [6.07, 6.45) is 2.43. The average Bonchev–Trinajstić information content (AvgIpc) is 2.93. The fourth-order valence-corrected chi connectivity index (χ4v) is 3.81. The molecule has 26 heavy (non-hydrogen) atoms. The second-order valence-electron chi connectivity index (χ2n) is 5.73. The standard InChI is InChI=1S/C17H14F2N2O4S/c1-9-13(26(3,23)24)4-5-21-15(9)14(17(22)25-2)20-16(21)10-6-11(18)8-12(19)7-10/h4-8H,1-3H3. The van der Waals surface area contributed by atoms with Gasteiger partial charge in [0.05, 0.1) is 17.5 Å². The van der Waals surface area contributed by atoms with Crippen LogP contribution in [0.1, 0.15) is 16.1 Å². The molecule has 0 saturated carbocycles. The number of aromatic nitrogens is 2. The lowest BCUT2D eigenvalue weighted by Crippen LogP contribution is -2.06. The molecule has 0 aliphatic carbocycles. The van der Waals surface area contributed by atoms with E-state index in [1.807, 2.05) is 0 Å². The zero-order valence-electron chi connectivity index (χ0n) is 14.1. The number of methoxy groups -OCH3 is 1. The summed E-state index contributed by atoms with van der Waals surface area (Å²) in [6.45, 7) is 1.52. The lowest BCUT2D eigenvalue weighted by Gasteiger charge is -2.08. The first-order valence-corrected chi connectivity index (χ1v) is 9.29. The molecule has 0 radical (unpaired) electrons. The number of esters is 1. The highest BCUT2D eigenvalue weighted by Crippen LogP contribution is 2.29. The van der Waals surface area contributed by atoms with Crippen molar-refractivity contribution in [1.82, 2.24) is 9.38 Å². The maximum atomic E-state index is 13.6. The zero-order valence-corrected chi connectivity index (χ0v) is 14.9. The van der Waals surface area contributed by atoms with Crippen LogP contribution in [0.15, 0.2) is 35.4 Å². The predicted molar refractivity (Wildman–Crippen MR) is 89.7 cm³/mol. The van der Waals surface area contributed by atoms with E-state index in [-0.39, 0.29) is 33.1 Å². The smallest absolute Gasteiger partial charge is 0.358 e. The number of carbonyl (C=O) groups excluding carboxylic acids is 1. The Labute approximate surface area is 148 Å². The quantitative estimate of drug-likeness (QED) is 0.653. The summed E-state index contributed by atoms with van der Waals surface area (Å²) < 4.78 is 57.2. The molecule has 6 nitrogen and oxygen atoms in total. The van der Waals surface area contributed by atoms with Crippen LogP contribution in [0.3, 0.4) is 0 Å². The Morgan fingerprint density at radius 1 is 1.19 bits per heavy atom. The van der Waals surface area contributed by atoms with E-state index in [1.54, 1.807) is 0 Å². The van der Waals surface area contributed by atoms with Gasteiger partial charge in [0.25, 0.3) is 0 Å². The van der Waals surface area contributed by atoms with Crippen LogP contribution >= 0.6 is 0 Å². The van der Waals surface area contributed by atoms with Crippen molar-refractivity contribution in [2.45, 2.75) is 11.8 Å². The maximum absolute atomic E-state index is 13.6. The SMILES string of the molecule is COC(=O)c1nc(-c2cc(F)cc(F)c2)n2ccc(S(C)(=O)=O)c(C)c12. The van der Waals surface area contributed by atoms with Crippen LogP contribution in [0.2, 0.25) is 0 Å². The highest BCUT2D eigenvalue weighted by Gasteiger charge is 2.24. The highest BCUT2D eigenvalue weighted by molar-refractivity contribution is 7.90. The number of imidazole rings is 1. The lowest BCUT2D eigenvalue weighted by molar-refractivity contribution is 0.0597. The van der Waals surface area contributed by atoms with Gasteiger partial charge in [-0.3, -0.25) is 4.40 Å². The van der Waals surface area contributed by atoms with Crippen molar-refractivity contribution >= 4 is 21.3 Å². The van der Waals surface area contributed by atoms with E-state index in [1.165, 1.54) is 23.6 Å². The number of hydrogen-bond donors (Lipinski definition) is 0. The van der Waals surface area contributed by atoms with E-state index in [9.17, 15) is 22.0 Å². The number of benzene rings is 1. The van der Waals surface area contributed by atoms with Crippen LogP contribution in [0.25, 0.3) is 16.9 Å². The molecule has 0 bridgehead atoms. The number of nitrogens with zero attached hydrogens (tertiary/aromatic N) is 2. The third-order valence-corrected chi connectivity index (χ3v) is 5.15. The third-order valence-electron chi connectivity index (χ3n) is 3.91. The number of halogens is 2. The molecule has 0 unspecified atom stereocenters. The molecule has 0 atom stereocenters. The van der Waals surface area contributed by atoms with Crippen molar-refractivity contribution < 1.29 is 26.7 Å². The van der Waals surface area contributed by atoms with Gasteiger partial charge in [0, 0.05) is 24.1 Å². The molecule has 0 amide bonds. The summed E-state index contributed by atoms with van der Waals surface area (Å²) in [5.74, 6) is -2.32. The molecule has 0 spiro atoms. The van der Waals surface area contributed by atoms with Crippen LogP contribution in [0.5, 0.6) is 0 Å². The largest absolute Gasteiger partial charge is 0.464 e. The molecular formula is C17H14F2N2O4S. The van der Waals surface area contributed by atoms with Crippen molar-refractivity contribution in [3.63, 3.8) is 0 Å². The number of rotatable bonds is 3. The number of hydrogen-bond acceptors (Lipinski definition) is 5. The van der Waals surface area contributed by atoms with Crippen molar-refractivity contribution in [3.05, 3.63) is 53.4 Å². The first-order chi connectivity index (χ1) is 12.1. The molecule has 1 aromatic carbocycles. The number of sulfone groups is 1. The van der Waals surface area contributed by atoms with E-state index >= 15 is 0 Å². The minimum Gasteiger partial charge on any atom is -0.464 e. The molecular weight excluding hydrogens is 366 g/mol. The minimum atomic E-state index is -3.56. The fraction of sp³-hybridized carbons (Fsp3) is 0.176. The summed E-state index contributed by atoms with van der Waals surface area (Å²) in [5, 5.41) is 0. The van der Waals surface area contributed by atoms with Crippen molar-refractivity contribution in [2.75, 3.05) is 13.4 Å². The molecule has 0 aliphatic rings. The minimum absolute atomic E-state index is 0.0204. The number of pyridine rings is 1. The van der Waals surface area contributed by atoms with Gasteiger partial charge >= 0.3 is 5.97 Å². The molecule has 0 aliphatic heterocycles. The predicted octanol–water partition coefficient (Wildman–Crippen LogP) is 2.78. The van der Waals surface area contributed by atoms with E-state index in [2.05, 4.69) is 4.98 Å². The van der Waals surface area contributed by atoms with Crippen LogP contribution in [-0.4, -0.2) is 37.1 Å². The van der Waals surface area contributed by atoms with Gasteiger partial charge in [-0.05, 0) is 30.7 Å². The second-order valence-corrected chi connectivity index (χ2v) is 7.71. The number of carbonyl (C=O) groups is 1. The Hall–Kier alpha value is -2.81. The topological polar surface area (TPSA) is 77.7 Å². The van der Waals surface area contributed by atoms with Gasteiger partial charge in [0.1, 0.15) is 17.5 Å². The van der Waals surface area contributed by atoms with Gasteiger partial charge < -0.3 is 4.74 Å². The molecule has 9 heteroatoms. The fourth-order valence-electron chi connectivity index (χ4n) is 2.85. The summed E-state index contributed by atoms with van der Waals surface area (Å²) in [6, 6.07) is 4.20. The Morgan fingerprint density at radius 2 is 1.81 bits per heavy atom. The third kappa shape index (κ3) is 2.94. The molecule has 3 aromatic rings. The van der Waals surface area contributed by atoms with E-state index in [0.29, 0.717) is 6.07 Å². The van der Waals surface area contributed by atoms with Crippen molar-refractivity contribution in [1.29, 1.82) is 0 Å². The normalized spacial score (nSPS) is 11.7.